The van der Waals surface area contributed by atoms with Crippen LogP contribution in [0.2, 0.25) is 0 Å². The highest BCUT2D eigenvalue weighted by atomic mass is 16.5. The van der Waals surface area contributed by atoms with E-state index in [1.807, 2.05) is 60.1 Å². The molecule has 1 aliphatic rings. The van der Waals surface area contributed by atoms with Gasteiger partial charge < -0.3 is 14.6 Å². The number of aromatic nitrogens is 2. The fraction of sp³-hybridized carbons (Fsp3) is 0.381. The molecule has 6 nitrogen and oxygen atoms in total. The Morgan fingerprint density at radius 1 is 1.04 bits per heavy atom. The molecule has 1 N–H and O–H groups in total. The summed E-state index contributed by atoms with van der Waals surface area (Å²) in [4.78, 5) is 6.85. The van der Waals surface area contributed by atoms with Gasteiger partial charge >= 0.3 is 6.01 Å². The highest BCUT2D eigenvalue weighted by Gasteiger charge is 2.16. The zero-order chi connectivity index (χ0) is 18.6. The molecule has 142 valence electrons. The van der Waals surface area contributed by atoms with Crippen molar-refractivity contribution in [2.24, 2.45) is 7.05 Å². The SMILES string of the molecule is Cn1c(Oc2ccc(OCCN3CCC(O)CC3)cc2)nc2ccccc21. The van der Waals surface area contributed by atoms with Crippen LogP contribution in [0.25, 0.3) is 11.0 Å². The molecule has 0 unspecified atom stereocenters. The Kier molecular flexibility index (Phi) is 5.27. The smallest absolute Gasteiger partial charge is 0.302 e. The van der Waals surface area contributed by atoms with Gasteiger partial charge in [0.05, 0.1) is 17.1 Å². The van der Waals surface area contributed by atoms with Crippen molar-refractivity contribution in [1.29, 1.82) is 0 Å². The van der Waals surface area contributed by atoms with E-state index in [1.165, 1.54) is 0 Å². The van der Waals surface area contributed by atoms with Crippen molar-refractivity contribution in [3.63, 3.8) is 0 Å². The number of para-hydroxylation sites is 2. The van der Waals surface area contributed by atoms with E-state index in [0.717, 1.165) is 55.0 Å². The van der Waals surface area contributed by atoms with Crippen molar-refractivity contribution in [2.75, 3.05) is 26.2 Å². The van der Waals surface area contributed by atoms with Gasteiger partial charge in [-0.05, 0) is 49.2 Å². The standard InChI is InChI=1S/C21H25N3O3/c1-23-20-5-3-2-4-19(20)22-21(23)27-18-8-6-17(7-9-18)26-15-14-24-12-10-16(25)11-13-24/h2-9,16,25H,10-15H2,1H3. The molecule has 2 heterocycles. The molecular formula is C21H25N3O3. The maximum Gasteiger partial charge on any atom is 0.302 e. The molecular weight excluding hydrogens is 342 g/mol. The monoisotopic (exact) mass is 367 g/mol. The van der Waals surface area contributed by atoms with Crippen LogP contribution in [0.3, 0.4) is 0 Å². The number of rotatable bonds is 6. The lowest BCUT2D eigenvalue weighted by Gasteiger charge is -2.29. The first kappa shape index (κ1) is 17.8. The van der Waals surface area contributed by atoms with Crippen molar-refractivity contribution in [3.05, 3.63) is 48.5 Å². The number of benzene rings is 2. The number of piperidine rings is 1. The summed E-state index contributed by atoms with van der Waals surface area (Å²) in [5.74, 6) is 1.55. The van der Waals surface area contributed by atoms with Gasteiger partial charge in [-0.15, -0.1) is 0 Å². The van der Waals surface area contributed by atoms with E-state index in [0.29, 0.717) is 12.6 Å². The maximum absolute atomic E-state index is 9.54. The number of aryl methyl sites for hydroxylation is 1. The van der Waals surface area contributed by atoms with E-state index in [1.54, 1.807) is 0 Å². The van der Waals surface area contributed by atoms with E-state index in [2.05, 4.69) is 9.88 Å². The van der Waals surface area contributed by atoms with Gasteiger partial charge in [-0.3, -0.25) is 9.47 Å². The van der Waals surface area contributed by atoms with E-state index < -0.39 is 0 Å². The molecule has 27 heavy (non-hydrogen) atoms. The Morgan fingerprint density at radius 2 is 1.74 bits per heavy atom. The van der Waals surface area contributed by atoms with Gasteiger partial charge in [0.1, 0.15) is 18.1 Å². The number of hydrogen-bond donors (Lipinski definition) is 1. The molecule has 0 radical (unpaired) electrons. The summed E-state index contributed by atoms with van der Waals surface area (Å²) in [6.45, 7) is 3.40. The number of aliphatic hydroxyl groups excluding tert-OH is 1. The Labute approximate surface area is 159 Å². The fourth-order valence-electron chi connectivity index (χ4n) is 3.36. The third-order valence-corrected chi connectivity index (χ3v) is 5.01. The lowest BCUT2D eigenvalue weighted by atomic mass is 10.1. The van der Waals surface area contributed by atoms with Crippen LogP contribution in [-0.4, -0.2) is 51.9 Å². The van der Waals surface area contributed by atoms with Crippen LogP contribution in [-0.2, 0) is 7.05 Å². The van der Waals surface area contributed by atoms with Gasteiger partial charge in [-0.2, -0.15) is 4.98 Å². The molecule has 0 amide bonds. The number of likely N-dealkylation sites (tertiary alicyclic amines) is 1. The number of nitrogens with zero attached hydrogens (tertiary/aromatic N) is 3. The first-order chi connectivity index (χ1) is 13.2. The molecule has 1 saturated heterocycles. The maximum atomic E-state index is 9.54. The minimum absolute atomic E-state index is 0.133. The second-order valence-electron chi connectivity index (χ2n) is 6.94. The van der Waals surface area contributed by atoms with Crippen LogP contribution in [0.4, 0.5) is 0 Å². The average molecular weight is 367 g/mol. The van der Waals surface area contributed by atoms with Crippen molar-refractivity contribution in [3.8, 4) is 17.5 Å². The topological polar surface area (TPSA) is 59.8 Å². The van der Waals surface area contributed by atoms with Crippen LogP contribution >= 0.6 is 0 Å². The largest absolute Gasteiger partial charge is 0.492 e. The van der Waals surface area contributed by atoms with Gasteiger partial charge in [-0.25, -0.2) is 0 Å². The summed E-state index contributed by atoms with van der Waals surface area (Å²) in [5.41, 5.74) is 1.96. The molecule has 0 bridgehead atoms. The molecule has 1 aliphatic heterocycles. The molecule has 0 atom stereocenters. The summed E-state index contributed by atoms with van der Waals surface area (Å²) in [5, 5.41) is 9.54. The number of imidazole rings is 1. The minimum Gasteiger partial charge on any atom is -0.492 e. The molecule has 2 aromatic carbocycles. The Bertz CT molecular complexity index is 883. The molecule has 0 saturated carbocycles. The molecule has 1 aromatic heterocycles. The second kappa shape index (κ2) is 7.98. The van der Waals surface area contributed by atoms with Crippen LogP contribution in [0.15, 0.2) is 48.5 Å². The predicted octanol–water partition coefficient (Wildman–Crippen LogP) is 3.20. The third-order valence-electron chi connectivity index (χ3n) is 5.01. The van der Waals surface area contributed by atoms with E-state index in [4.69, 9.17) is 9.47 Å². The van der Waals surface area contributed by atoms with Crippen molar-refractivity contribution in [1.82, 2.24) is 14.5 Å². The van der Waals surface area contributed by atoms with E-state index >= 15 is 0 Å². The zero-order valence-electron chi connectivity index (χ0n) is 15.5. The lowest BCUT2D eigenvalue weighted by Crippen LogP contribution is -2.38. The zero-order valence-corrected chi connectivity index (χ0v) is 15.5. The molecule has 1 fully saturated rings. The van der Waals surface area contributed by atoms with Crippen LogP contribution in [0.1, 0.15) is 12.8 Å². The second-order valence-corrected chi connectivity index (χ2v) is 6.94. The number of ether oxygens (including phenoxy) is 2. The fourth-order valence-corrected chi connectivity index (χ4v) is 3.36. The highest BCUT2D eigenvalue weighted by molar-refractivity contribution is 5.76. The molecule has 6 heteroatoms. The van der Waals surface area contributed by atoms with Gasteiger partial charge in [0.15, 0.2) is 0 Å². The lowest BCUT2D eigenvalue weighted by molar-refractivity contribution is 0.0755. The predicted molar refractivity (Wildman–Crippen MR) is 104 cm³/mol. The van der Waals surface area contributed by atoms with E-state index in [9.17, 15) is 5.11 Å². The normalized spacial score (nSPS) is 15.9. The quantitative estimate of drug-likeness (QED) is 0.725. The number of aliphatic hydroxyl groups is 1. The van der Waals surface area contributed by atoms with Gasteiger partial charge in [0.25, 0.3) is 0 Å². The Balaban J connectivity index is 1.31. The van der Waals surface area contributed by atoms with Crippen LogP contribution in [0, 0.1) is 0 Å². The highest BCUT2D eigenvalue weighted by Crippen LogP contribution is 2.26. The first-order valence-electron chi connectivity index (χ1n) is 9.41. The summed E-state index contributed by atoms with van der Waals surface area (Å²) in [6, 6.07) is 16.1. The summed E-state index contributed by atoms with van der Waals surface area (Å²) in [7, 11) is 1.95. The first-order valence-corrected chi connectivity index (χ1v) is 9.41. The van der Waals surface area contributed by atoms with Gasteiger partial charge in [-0.1, -0.05) is 12.1 Å². The van der Waals surface area contributed by atoms with Crippen molar-refractivity contribution >= 4 is 11.0 Å². The number of hydrogen-bond acceptors (Lipinski definition) is 5. The summed E-state index contributed by atoms with van der Waals surface area (Å²) in [6.07, 6.45) is 1.58. The molecule has 0 spiro atoms. The Morgan fingerprint density at radius 3 is 2.48 bits per heavy atom. The van der Waals surface area contributed by atoms with Gasteiger partial charge in [0.2, 0.25) is 0 Å². The molecule has 4 rings (SSSR count). The molecule has 3 aromatic rings. The van der Waals surface area contributed by atoms with Gasteiger partial charge in [0, 0.05) is 26.7 Å². The number of fused-ring (bicyclic) bond motifs is 1. The van der Waals surface area contributed by atoms with Crippen LogP contribution < -0.4 is 9.47 Å². The summed E-state index contributed by atoms with van der Waals surface area (Å²) < 4.78 is 13.7. The average Bonchev–Trinajstić information content (AvgIpc) is 3.01. The molecule has 0 aliphatic carbocycles. The van der Waals surface area contributed by atoms with Crippen molar-refractivity contribution < 1.29 is 14.6 Å². The third kappa shape index (κ3) is 4.23. The summed E-state index contributed by atoms with van der Waals surface area (Å²) >= 11 is 0. The minimum atomic E-state index is -0.133. The van der Waals surface area contributed by atoms with Crippen molar-refractivity contribution in [2.45, 2.75) is 18.9 Å². The van der Waals surface area contributed by atoms with Crippen LogP contribution in [0.5, 0.6) is 17.5 Å². The Hall–Kier alpha value is -2.57. The van der Waals surface area contributed by atoms with E-state index in [-0.39, 0.29) is 6.10 Å².